The molecule has 4 nitrogen and oxygen atoms in total. The van der Waals surface area contributed by atoms with Crippen LogP contribution in [-0.4, -0.2) is 18.4 Å². The van der Waals surface area contributed by atoms with Gasteiger partial charge in [-0.15, -0.1) is 0 Å². The van der Waals surface area contributed by atoms with Gasteiger partial charge in [0.1, 0.15) is 0 Å². The fourth-order valence-electron chi connectivity index (χ4n) is 1.66. The van der Waals surface area contributed by atoms with Crippen LogP contribution in [-0.2, 0) is 4.74 Å². The van der Waals surface area contributed by atoms with E-state index in [0.717, 1.165) is 0 Å². The van der Waals surface area contributed by atoms with Crippen molar-refractivity contribution in [2.24, 2.45) is 0 Å². The van der Waals surface area contributed by atoms with E-state index in [4.69, 9.17) is 33.7 Å². The predicted molar refractivity (Wildman–Crippen MR) is 81.9 cm³/mol. The van der Waals surface area contributed by atoms with Crippen LogP contribution < -0.4 is 5.73 Å². The first-order valence-electron chi connectivity index (χ1n) is 5.99. The molecule has 2 aromatic carbocycles. The molecule has 0 amide bonds. The third-order valence-corrected chi connectivity index (χ3v) is 3.60. The molecule has 6 heteroatoms. The molecule has 108 valence electrons. The van der Waals surface area contributed by atoms with Crippen molar-refractivity contribution in [2.75, 3.05) is 12.3 Å². The zero-order valence-corrected chi connectivity index (χ0v) is 12.3. The van der Waals surface area contributed by atoms with Gasteiger partial charge in [0.15, 0.2) is 12.4 Å². The van der Waals surface area contributed by atoms with Gasteiger partial charge in [0.25, 0.3) is 0 Å². The lowest BCUT2D eigenvalue weighted by Gasteiger charge is -2.08. The lowest BCUT2D eigenvalue weighted by molar-refractivity contribution is 0.0476. The quantitative estimate of drug-likeness (QED) is 0.530. The summed E-state index contributed by atoms with van der Waals surface area (Å²) in [6, 6.07) is 11.4. The minimum absolute atomic E-state index is 0.0290. The summed E-state index contributed by atoms with van der Waals surface area (Å²) in [6.45, 7) is -0.372. The van der Waals surface area contributed by atoms with Crippen LogP contribution in [0.15, 0.2) is 42.5 Å². The maximum atomic E-state index is 11.9. The van der Waals surface area contributed by atoms with Gasteiger partial charge in [-0.1, -0.05) is 53.5 Å². The molecule has 0 saturated carbocycles. The molecule has 0 aromatic heterocycles. The van der Waals surface area contributed by atoms with Crippen molar-refractivity contribution < 1.29 is 14.3 Å². The lowest BCUT2D eigenvalue weighted by atomic mass is 10.1. The monoisotopic (exact) mass is 323 g/mol. The van der Waals surface area contributed by atoms with E-state index in [1.807, 2.05) is 0 Å². The first-order chi connectivity index (χ1) is 10.0. The van der Waals surface area contributed by atoms with Gasteiger partial charge in [0.05, 0.1) is 21.3 Å². The minimum Gasteiger partial charge on any atom is -0.454 e. The van der Waals surface area contributed by atoms with Crippen molar-refractivity contribution in [3.63, 3.8) is 0 Å². The third-order valence-electron chi connectivity index (χ3n) is 2.78. The molecule has 0 aliphatic carbocycles. The molecule has 0 radical (unpaired) electrons. The summed E-state index contributed by atoms with van der Waals surface area (Å²) >= 11 is 11.6. The number of esters is 1. The van der Waals surface area contributed by atoms with Crippen LogP contribution in [0, 0.1) is 0 Å². The Balaban J connectivity index is 2.06. The number of ketones is 1. The number of nitrogen functional groups attached to an aromatic ring is 1. The molecular formula is C15H11Cl2NO3. The Bertz CT molecular complexity index is 687. The number of carbonyl (C=O) groups is 2. The number of Topliss-reactive ketones (excluding diaryl/α,β-unsaturated/α-hetero) is 1. The van der Waals surface area contributed by atoms with Crippen molar-refractivity contribution >= 4 is 40.6 Å². The summed E-state index contributed by atoms with van der Waals surface area (Å²) in [5.41, 5.74) is 6.27. The number of rotatable bonds is 4. The Labute approximate surface area is 131 Å². The fourth-order valence-corrected chi connectivity index (χ4v) is 1.99. The highest BCUT2D eigenvalue weighted by Gasteiger charge is 2.17. The van der Waals surface area contributed by atoms with Crippen molar-refractivity contribution in [3.8, 4) is 0 Å². The van der Waals surface area contributed by atoms with Crippen LogP contribution >= 0.6 is 23.2 Å². The number of ether oxygens (including phenoxy) is 1. The Morgan fingerprint density at radius 1 is 1.05 bits per heavy atom. The highest BCUT2D eigenvalue weighted by molar-refractivity contribution is 6.44. The second-order valence-electron chi connectivity index (χ2n) is 4.19. The normalized spacial score (nSPS) is 10.2. The standard InChI is InChI=1S/C15H11Cl2NO3/c16-11-7-6-10(14(18)13(11)17)15(20)21-8-12(19)9-4-2-1-3-5-9/h1-7H,8,18H2. The van der Waals surface area contributed by atoms with Gasteiger partial charge in [-0.25, -0.2) is 4.79 Å². The van der Waals surface area contributed by atoms with E-state index in [9.17, 15) is 9.59 Å². The smallest absolute Gasteiger partial charge is 0.340 e. The number of hydrogen-bond acceptors (Lipinski definition) is 4. The van der Waals surface area contributed by atoms with E-state index >= 15 is 0 Å². The largest absolute Gasteiger partial charge is 0.454 e. The van der Waals surface area contributed by atoms with Crippen LogP contribution in [0.25, 0.3) is 0 Å². The highest BCUT2D eigenvalue weighted by atomic mass is 35.5. The molecule has 0 spiro atoms. The number of benzene rings is 2. The molecular weight excluding hydrogens is 313 g/mol. The van der Waals surface area contributed by atoms with Gasteiger partial charge in [-0.2, -0.15) is 0 Å². The van der Waals surface area contributed by atoms with Crippen molar-refractivity contribution in [3.05, 3.63) is 63.6 Å². The average molecular weight is 324 g/mol. The average Bonchev–Trinajstić information content (AvgIpc) is 2.51. The molecule has 0 aliphatic heterocycles. The summed E-state index contributed by atoms with van der Waals surface area (Å²) in [7, 11) is 0. The second-order valence-corrected chi connectivity index (χ2v) is 4.97. The molecule has 2 aromatic rings. The first kappa shape index (κ1) is 15.4. The zero-order chi connectivity index (χ0) is 15.4. The van der Waals surface area contributed by atoms with Crippen molar-refractivity contribution in [1.82, 2.24) is 0 Å². The molecule has 0 saturated heterocycles. The summed E-state index contributed by atoms with van der Waals surface area (Å²) < 4.78 is 4.95. The van der Waals surface area contributed by atoms with E-state index in [2.05, 4.69) is 0 Å². The summed E-state index contributed by atoms with van der Waals surface area (Å²) in [4.78, 5) is 23.7. The van der Waals surface area contributed by atoms with Gasteiger partial charge in [-0.3, -0.25) is 4.79 Å². The summed E-state index contributed by atoms with van der Waals surface area (Å²) in [5, 5.41) is 0.326. The van der Waals surface area contributed by atoms with Crippen LogP contribution in [0.5, 0.6) is 0 Å². The number of halogens is 2. The fraction of sp³-hybridized carbons (Fsp3) is 0.0667. The maximum Gasteiger partial charge on any atom is 0.340 e. The topological polar surface area (TPSA) is 69.4 Å². The second kappa shape index (κ2) is 6.61. The predicted octanol–water partition coefficient (Wildman–Crippen LogP) is 3.62. The number of hydrogen-bond donors (Lipinski definition) is 1. The molecule has 0 unspecified atom stereocenters. The molecule has 2 N–H and O–H groups in total. The Hall–Kier alpha value is -2.04. The minimum atomic E-state index is -0.727. The van der Waals surface area contributed by atoms with E-state index in [0.29, 0.717) is 5.56 Å². The summed E-state index contributed by atoms with van der Waals surface area (Å²) in [6.07, 6.45) is 0. The maximum absolute atomic E-state index is 11.9. The summed E-state index contributed by atoms with van der Waals surface area (Å²) in [5.74, 6) is -1.03. The van der Waals surface area contributed by atoms with E-state index in [1.165, 1.54) is 12.1 Å². The Morgan fingerprint density at radius 3 is 2.38 bits per heavy atom. The van der Waals surface area contributed by atoms with E-state index < -0.39 is 5.97 Å². The van der Waals surface area contributed by atoms with Gasteiger partial charge in [-0.05, 0) is 12.1 Å². The highest BCUT2D eigenvalue weighted by Crippen LogP contribution is 2.31. The number of carbonyl (C=O) groups excluding carboxylic acids is 2. The first-order valence-corrected chi connectivity index (χ1v) is 6.75. The van der Waals surface area contributed by atoms with Crippen LogP contribution in [0.4, 0.5) is 5.69 Å². The molecule has 2 rings (SSSR count). The lowest BCUT2D eigenvalue weighted by Crippen LogP contribution is -2.15. The van der Waals surface area contributed by atoms with Crippen LogP contribution in [0.3, 0.4) is 0 Å². The molecule has 0 bridgehead atoms. The number of nitrogens with two attached hydrogens (primary N) is 1. The Morgan fingerprint density at radius 2 is 1.71 bits per heavy atom. The third kappa shape index (κ3) is 3.54. The van der Waals surface area contributed by atoms with Crippen molar-refractivity contribution in [1.29, 1.82) is 0 Å². The van der Waals surface area contributed by atoms with Gasteiger partial charge < -0.3 is 10.5 Å². The SMILES string of the molecule is Nc1c(C(=O)OCC(=O)c2ccccc2)ccc(Cl)c1Cl. The van der Waals surface area contributed by atoms with Crippen LogP contribution in [0.1, 0.15) is 20.7 Å². The molecule has 0 fully saturated rings. The zero-order valence-electron chi connectivity index (χ0n) is 10.8. The van der Waals surface area contributed by atoms with Gasteiger partial charge >= 0.3 is 5.97 Å². The van der Waals surface area contributed by atoms with Gasteiger partial charge in [0.2, 0.25) is 0 Å². The molecule has 0 heterocycles. The van der Waals surface area contributed by atoms with E-state index in [-0.39, 0.29) is 33.7 Å². The Kier molecular flexibility index (Phi) is 4.83. The molecule has 21 heavy (non-hydrogen) atoms. The van der Waals surface area contributed by atoms with Crippen molar-refractivity contribution in [2.45, 2.75) is 0 Å². The number of anilines is 1. The van der Waals surface area contributed by atoms with E-state index in [1.54, 1.807) is 30.3 Å². The molecule has 0 atom stereocenters. The van der Waals surface area contributed by atoms with Gasteiger partial charge in [0, 0.05) is 5.56 Å². The van der Waals surface area contributed by atoms with Crippen LogP contribution in [0.2, 0.25) is 10.0 Å². The molecule has 0 aliphatic rings.